The first-order chi connectivity index (χ1) is 9.31. The van der Waals surface area contributed by atoms with Crippen molar-refractivity contribution in [1.29, 1.82) is 5.26 Å². The molecule has 19 heavy (non-hydrogen) atoms. The molecule has 1 fully saturated rings. The van der Waals surface area contributed by atoms with Gasteiger partial charge in [-0.15, -0.1) is 11.6 Å². The van der Waals surface area contributed by atoms with E-state index in [0.717, 1.165) is 43.0 Å². The van der Waals surface area contributed by atoms with E-state index in [1.165, 1.54) is 0 Å². The van der Waals surface area contributed by atoms with Crippen LogP contribution in [0, 0.1) is 17.2 Å². The highest BCUT2D eigenvalue weighted by Gasteiger charge is 2.19. The number of nitriles is 1. The second-order valence-corrected chi connectivity index (χ2v) is 5.08. The third-order valence-corrected chi connectivity index (χ3v) is 3.78. The van der Waals surface area contributed by atoms with Gasteiger partial charge in [0.05, 0.1) is 35.2 Å². The SMILES string of the molecule is N#Cc1ccc2c(c1)nc(CCl)n2C[C@H]1CCOC1. The highest BCUT2D eigenvalue weighted by molar-refractivity contribution is 6.16. The smallest absolute Gasteiger partial charge is 0.124 e. The number of hydrogen-bond acceptors (Lipinski definition) is 3. The Balaban J connectivity index is 2.03. The Kier molecular flexibility index (Phi) is 3.41. The molecule has 5 heteroatoms. The third-order valence-electron chi connectivity index (χ3n) is 3.54. The number of halogens is 1. The quantitative estimate of drug-likeness (QED) is 0.809. The van der Waals surface area contributed by atoms with Gasteiger partial charge in [0, 0.05) is 19.1 Å². The normalized spacial score (nSPS) is 18.8. The van der Waals surface area contributed by atoms with Gasteiger partial charge in [-0.05, 0) is 24.6 Å². The maximum Gasteiger partial charge on any atom is 0.124 e. The molecule has 0 bridgehead atoms. The van der Waals surface area contributed by atoms with Crippen molar-refractivity contribution in [2.24, 2.45) is 5.92 Å². The van der Waals surface area contributed by atoms with Crippen LogP contribution in [-0.2, 0) is 17.2 Å². The lowest BCUT2D eigenvalue weighted by Gasteiger charge is -2.12. The fourth-order valence-corrected chi connectivity index (χ4v) is 2.74. The number of nitrogens with zero attached hydrogens (tertiary/aromatic N) is 3. The summed E-state index contributed by atoms with van der Waals surface area (Å²) in [6.45, 7) is 2.52. The minimum atomic E-state index is 0.379. The molecule has 1 aliphatic heterocycles. The molecule has 0 radical (unpaired) electrons. The van der Waals surface area contributed by atoms with Crippen molar-refractivity contribution in [2.45, 2.75) is 18.8 Å². The van der Waals surface area contributed by atoms with Crippen LogP contribution in [0.15, 0.2) is 18.2 Å². The number of rotatable bonds is 3. The predicted molar refractivity (Wildman–Crippen MR) is 72.9 cm³/mol. The van der Waals surface area contributed by atoms with E-state index in [9.17, 15) is 0 Å². The minimum Gasteiger partial charge on any atom is -0.381 e. The number of imidazole rings is 1. The van der Waals surface area contributed by atoms with Gasteiger partial charge < -0.3 is 9.30 Å². The van der Waals surface area contributed by atoms with Crippen LogP contribution in [0.5, 0.6) is 0 Å². The van der Waals surface area contributed by atoms with Crippen molar-refractivity contribution < 1.29 is 4.74 Å². The number of fused-ring (bicyclic) bond motifs is 1. The molecule has 0 N–H and O–H groups in total. The van der Waals surface area contributed by atoms with Crippen LogP contribution in [0.25, 0.3) is 11.0 Å². The first-order valence-electron chi connectivity index (χ1n) is 6.35. The Hall–Kier alpha value is -1.57. The van der Waals surface area contributed by atoms with E-state index in [1.54, 1.807) is 0 Å². The number of ether oxygens (including phenoxy) is 1. The molecule has 0 amide bonds. The van der Waals surface area contributed by atoms with Crippen molar-refractivity contribution in [3.05, 3.63) is 29.6 Å². The Morgan fingerprint density at radius 2 is 2.42 bits per heavy atom. The van der Waals surface area contributed by atoms with E-state index >= 15 is 0 Å². The van der Waals surface area contributed by atoms with E-state index in [2.05, 4.69) is 15.6 Å². The van der Waals surface area contributed by atoms with Crippen LogP contribution < -0.4 is 0 Å². The molecule has 0 aliphatic carbocycles. The van der Waals surface area contributed by atoms with Gasteiger partial charge in [0.2, 0.25) is 0 Å². The molecule has 1 aromatic heterocycles. The lowest BCUT2D eigenvalue weighted by Crippen LogP contribution is -2.12. The summed E-state index contributed by atoms with van der Waals surface area (Å²) >= 11 is 5.98. The number of aromatic nitrogens is 2. The van der Waals surface area contributed by atoms with Crippen molar-refractivity contribution in [2.75, 3.05) is 13.2 Å². The van der Waals surface area contributed by atoms with Crippen LogP contribution in [0.1, 0.15) is 17.8 Å². The lowest BCUT2D eigenvalue weighted by molar-refractivity contribution is 0.182. The fraction of sp³-hybridized carbons (Fsp3) is 0.429. The summed E-state index contributed by atoms with van der Waals surface area (Å²) in [7, 11) is 0. The van der Waals surface area contributed by atoms with E-state index < -0.39 is 0 Å². The first kappa shape index (κ1) is 12.5. The van der Waals surface area contributed by atoms with Crippen molar-refractivity contribution in [3.63, 3.8) is 0 Å². The monoisotopic (exact) mass is 275 g/mol. The second-order valence-electron chi connectivity index (χ2n) is 4.82. The Morgan fingerprint density at radius 3 is 3.11 bits per heavy atom. The van der Waals surface area contributed by atoms with Gasteiger partial charge in [-0.25, -0.2) is 4.98 Å². The van der Waals surface area contributed by atoms with Crippen LogP contribution in [0.4, 0.5) is 0 Å². The molecule has 1 aliphatic rings. The highest BCUT2D eigenvalue weighted by Crippen LogP contribution is 2.23. The molecule has 2 heterocycles. The summed E-state index contributed by atoms with van der Waals surface area (Å²) in [5.74, 6) is 1.76. The van der Waals surface area contributed by atoms with Crippen molar-refractivity contribution in [3.8, 4) is 6.07 Å². The molecule has 0 unspecified atom stereocenters. The van der Waals surface area contributed by atoms with Crippen LogP contribution in [0.2, 0.25) is 0 Å². The van der Waals surface area contributed by atoms with Crippen molar-refractivity contribution in [1.82, 2.24) is 9.55 Å². The zero-order valence-electron chi connectivity index (χ0n) is 10.5. The molecule has 4 nitrogen and oxygen atoms in total. The summed E-state index contributed by atoms with van der Waals surface area (Å²) in [5.41, 5.74) is 2.51. The Bertz CT molecular complexity index is 638. The predicted octanol–water partition coefficient (Wildman–Crippen LogP) is 2.68. The zero-order chi connectivity index (χ0) is 13.2. The Morgan fingerprint density at radius 1 is 1.53 bits per heavy atom. The zero-order valence-corrected chi connectivity index (χ0v) is 11.2. The van der Waals surface area contributed by atoms with E-state index in [1.807, 2.05) is 18.2 Å². The standard InChI is InChI=1S/C14H14ClN3O/c15-6-14-17-12-5-10(7-16)1-2-13(12)18(14)8-11-3-4-19-9-11/h1-2,5,11H,3-4,6,8-9H2/t11-/m1/s1. The topological polar surface area (TPSA) is 50.8 Å². The largest absolute Gasteiger partial charge is 0.381 e. The maximum atomic E-state index is 8.93. The van der Waals surface area contributed by atoms with Crippen LogP contribution >= 0.6 is 11.6 Å². The van der Waals surface area contributed by atoms with Gasteiger partial charge in [0.25, 0.3) is 0 Å². The average Bonchev–Trinajstić information content (AvgIpc) is 3.06. The number of benzene rings is 1. The summed E-state index contributed by atoms with van der Waals surface area (Å²) in [6, 6.07) is 7.72. The summed E-state index contributed by atoms with van der Waals surface area (Å²) < 4.78 is 7.57. The van der Waals surface area contributed by atoms with Gasteiger partial charge in [0.15, 0.2) is 0 Å². The van der Waals surface area contributed by atoms with Crippen LogP contribution in [-0.4, -0.2) is 22.8 Å². The summed E-state index contributed by atoms with van der Waals surface area (Å²) in [4.78, 5) is 4.52. The summed E-state index contributed by atoms with van der Waals surface area (Å²) in [6.07, 6.45) is 1.08. The molecule has 3 rings (SSSR count). The van der Waals surface area contributed by atoms with E-state index in [4.69, 9.17) is 21.6 Å². The molecule has 1 aromatic carbocycles. The molecule has 0 saturated carbocycles. The van der Waals surface area contributed by atoms with Gasteiger partial charge in [-0.3, -0.25) is 0 Å². The van der Waals surface area contributed by atoms with E-state index in [-0.39, 0.29) is 0 Å². The minimum absolute atomic E-state index is 0.379. The Labute approximate surface area is 116 Å². The molecule has 98 valence electrons. The number of hydrogen-bond donors (Lipinski definition) is 0. The summed E-state index contributed by atoms with van der Waals surface area (Å²) in [5, 5.41) is 8.93. The van der Waals surface area contributed by atoms with Gasteiger partial charge >= 0.3 is 0 Å². The molecule has 2 aromatic rings. The maximum absolute atomic E-state index is 8.93. The number of alkyl halides is 1. The van der Waals surface area contributed by atoms with Crippen LogP contribution in [0.3, 0.4) is 0 Å². The molecular formula is C14H14ClN3O. The van der Waals surface area contributed by atoms with Crippen molar-refractivity contribution >= 4 is 22.6 Å². The highest BCUT2D eigenvalue weighted by atomic mass is 35.5. The second kappa shape index (κ2) is 5.20. The third kappa shape index (κ3) is 2.32. The molecule has 1 atom stereocenters. The van der Waals surface area contributed by atoms with Gasteiger partial charge in [-0.2, -0.15) is 5.26 Å². The molecular weight excluding hydrogens is 262 g/mol. The fourth-order valence-electron chi connectivity index (χ4n) is 2.54. The van der Waals surface area contributed by atoms with Gasteiger partial charge in [-0.1, -0.05) is 0 Å². The van der Waals surface area contributed by atoms with E-state index in [0.29, 0.717) is 17.4 Å². The average molecular weight is 276 g/mol. The van der Waals surface area contributed by atoms with Gasteiger partial charge in [0.1, 0.15) is 5.82 Å². The lowest BCUT2D eigenvalue weighted by atomic mass is 10.1. The molecule has 0 spiro atoms. The molecule has 1 saturated heterocycles. The first-order valence-corrected chi connectivity index (χ1v) is 6.88.